The Bertz CT molecular complexity index is 1210. The maximum atomic E-state index is 13.4. The standard InChI is InChI=1S/C24H27FN2O6S/c1-4-19-20(26(2)15-24(29)30)6-5-7-21(19)27(3)34(31,32)18-12-13-23(22(28)14-18)33-17-10-8-16(25)9-11-17/h4,8-14,21,28H,1,5-7,15H2,2-3H3,(H,29,30)/t21-/m1/s1. The second kappa shape index (κ2) is 10.3. The molecule has 182 valence electrons. The first-order chi connectivity index (χ1) is 16.0. The van der Waals surface area contributed by atoms with Gasteiger partial charge < -0.3 is 19.8 Å². The van der Waals surface area contributed by atoms with E-state index >= 15 is 0 Å². The molecular formula is C24H27FN2O6S. The molecule has 0 amide bonds. The topological polar surface area (TPSA) is 107 Å². The van der Waals surface area contributed by atoms with Gasteiger partial charge in [-0.2, -0.15) is 4.31 Å². The van der Waals surface area contributed by atoms with Crippen molar-refractivity contribution >= 4 is 16.0 Å². The summed E-state index contributed by atoms with van der Waals surface area (Å²) >= 11 is 0. The molecule has 0 bridgehead atoms. The molecule has 1 aliphatic rings. The Morgan fingerprint density at radius 1 is 1.24 bits per heavy atom. The Morgan fingerprint density at radius 3 is 2.50 bits per heavy atom. The van der Waals surface area contributed by atoms with Crippen LogP contribution in [0.15, 0.2) is 71.3 Å². The van der Waals surface area contributed by atoms with Gasteiger partial charge in [0.05, 0.1) is 10.9 Å². The highest BCUT2D eigenvalue weighted by Crippen LogP contribution is 2.36. The van der Waals surface area contributed by atoms with Crippen LogP contribution < -0.4 is 4.74 Å². The van der Waals surface area contributed by atoms with E-state index in [1.807, 2.05) is 0 Å². The fourth-order valence-corrected chi connectivity index (χ4v) is 5.39. The summed E-state index contributed by atoms with van der Waals surface area (Å²) in [6.45, 7) is 3.61. The third-order valence-electron chi connectivity index (χ3n) is 5.72. The van der Waals surface area contributed by atoms with E-state index in [1.165, 1.54) is 47.8 Å². The van der Waals surface area contributed by atoms with E-state index < -0.39 is 27.9 Å². The molecular weight excluding hydrogens is 463 g/mol. The Hall–Kier alpha value is -3.37. The quantitative estimate of drug-likeness (QED) is 0.548. The van der Waals surface area contributed by atoms with Crippen LogP contribution in [-0.4, -0.2) is 60.5 Å². The largest absolute Gasteiger partial charge is 0.504 e. The average molecular weight is 491 g/mol. The number of carboxylic acid groups (broad SMARTS) is 1. The lowest BCUT2D eigenvalue weighted by Gasteiger charge is -2.36. The molecule has 0 spiro atoms. The zero-order valence-electron chi connectivity index (χ0n) is 18.9. The number of carboxylic acids is 1. The van der Waals surface area contributed by atoms with Crippen LogP contribution in [0.1, 0.15) is 19.3 Å². The van der Waals surface area contributed by atoms with Gasteiger partial charge in [-0.15, -0.1) is 0 Å². The van der Waals surface area contributed by atoms with Gasteiger partial charge in [-0.1, -0.05) is 12.7 Å². The molecule has 0 saturated heterocycles. The molecule has 8 nitrogen and oxygen atoms in total. The number of benzene rings is 2. The number of phenolic OH excluding ortho intramolecular Hbond substituents is 1. The summed E-state index contributed by atoms with van der Waals surface area (Å²) in [7, 11) is -0.918. The molecule has 0 radical (unpaired) electrons. The molecule has 0 aromatic heterocycles. The number of aromatic hydroxyl groups is 1. The van der Waals surface area contributed by atoms with Crippen LogP contribution in [0, 0.1) is 5.82 Å². The molecule has 34 heavy (non-hydrogen) atoms. The molecule has 0 unspecified atom stereocenters. The van der Waals surface area contributed by atoms with E-state index in [2.05, 4.69) is 6.58 Å². The molecule has 1 atom stereocenters. The number of carbonyl (C=O) groups is 1. The van der Waals surface area contributed by atoms with Gasteiger partial charge in [0.2, 0.25) is 10.0 Å². The van der Waals surface area contributed by atoms with Gasteiger partial charge >= 0.3 is 5.97 Å². The van der Waals surface area contributed by atoms with Gasteiger partial charge in [0.1, 0.15) is 18.1 Å². The second-order valence-electron chi connectivity index (χ2n) is 7.97. The molecule has 10 heteroatoms. The smallest absolute Gasteiger partial charge is 0.323 e. The maximum Gasteiger partial charge on any atom is 0.323 e. The summed E-state index contributed by atoms with van der Waals surface area (Å²) in [5, 5.41) is 19.5. The van der Waals surface area contributed by atoms with Crippen LogP contribution in [-0.2, 0) is 14.8 Å². The first-order valence-corrected chi connectivity index (χ1v) is 12.0. The fraction of sp³-hybridized carbons (Fsp3) is 0.292. The zero-order chi connectivity index (χ0) is 25.0. The first kappa shape index (κ1) is 25.3. The monoisotopic (exact) mass is 490 g/mol. The molecule has 0 aliphatic heterocycles. The number of halogens is 1. The third kappa shape index (κ3) is 5.40. The normalized spacial score (nSPS) is 16.4. The average Bonchev–Trinajstić information content (AvgIpc) is 2.80. The van der Waals surface area contributed by atoms with Crippen LogP contribution in [0.3, 0.4) is 0 Å². The fourth-order valence-electron chi connectivity index (χ4n) is 4.00. The van der Waals surface area contributed by atoms with Crippen molar-refractivity contribution in [1.82, 2.24) is 9.21 Å². The molecule has 0 fully saturated rings. The van der Waals surface area contributed by atoms with Crippen LogP contribution in [0.2, 0.25) is 0 Å². The van der Waals surface area contributed by atoms with Crippen LogP contribution in [0.4, 0.5) is 4.39 Å². The highest BCUT2D eigenvalue weighted by Gasteiger charge is 2.34. The maximum absolute atomic E-state index is 13.4. The minimum atomic E-state index is -4.02. The van der Waals surface area contributed by atoms with Crippen LogP contribution >= 0.6 is 0 Å². The lowest BCUT2D eigenvalue weighted by Crippen LogP contribution is -2.41. The van der Waals surface area contributed by atoms with Crippen molar-refractivity contribution in [1.29, 1.82) is 0 Å². The Balaban J connectivity index is 1.88. The highest BCUT2D eigenvalue weighted by atomic mass is 32.2. The molecule has 0 saturated carbocycles. The molecule has 2 N–H and O–H groups in total. The molecule has 2 aromatic carbocycles. The minimum Gasteiger partial charge on any atom is -0.504 e. The predicted molar refractivity (Wildman–Crippen MR) is 125 cm³/mol. The summed E-state index contributed by atoms with van der Waals surface area (Å²) in [6.07, 6.45) is 3.41. The van der Waals surface area contributed by atoms with Crippen LogP contribution in [0.5, 0.6) is 17.2 Å². The first-order valence-electron chi connectivity index (χ1n) is 10.6. The Morgan fingerprint density at radius 2 is 1.91 bits per heavy atom. The number of likely N-dealkylation sites (N-methyl/N-ethyl adjacent to an activating group) is 2. The molecule has 2 aromatic rings. The van der Waals surface area contributed by atoms with E-state index in [0.717, 1.165) is 11.8 Å². The Kier molecular flexibility index (Phi) is 7.63. The number of phenols is 1. The van der Waals surface area contributed by atoms with Crippen molar-refractivity contribution in [3.8, 4) is 17.2 Å². The van der Waals surface area contributed by atoms with Gasteiger partial charge in [-0.25, -0.2) is 12.8 Å². The van der Waals surface area contributed by atoms with E-state index in [0.29, 0.717) is 24.8 Å². The summed E-state index contributed by atoms with van der Waals surface area (Å²) < 4.78 is 46.6. The second-order valence-corrected chi connectivity index (χ2v) is 9.97. The van der Waals surface area contributed by atoms with Crippen molar-refractivity contribution in [2.24, 2.45) is 0 Å². The van der Waals surface area contributed by atoms with Gasteiger partial charge in [0.25, 0.3) is 0 Å². The van der Waals surface area contributed by atoms with E-state index in [9.17, 15) is 22.7 Å². The highest BCUT2D eigenvalue weighted by molar-refractivity contribution is 7.89. The van der Waals surface area contributed by atoms with E-state index in [-0.39, 0.29) is 28.7 Å². The predicted octanol–water partition coefficient (Wildman–Crippen LogP) is 3.95. The number of aliphatic carboxylic acids is 1. The van der Waals surface area contributed by atoms with Gasteiger partial charge in [-0.3, -0.25) is 4.79 Å². The summed E-state index contributed by atoms with van der Waals surface area (Å²) in [4.78, 5) is 12.6. The molecule has 1 aliphatic carbocycles. The SMILES string of the molecule is C=CC1=C(N(C)CC(=O)O)CCC[C@H]1N(C)S(=O)(=O)c1ccc(Oc2ccc(F)cc2)c(O)c1. The van der Waals surface area contributed by atoms with Gasteiger partial charge in [-0.05, 0) is 61.2 Å². The Labute approximate surface area is 198 Å². The third-order valence-corrected chi connectivity index (χ3v) is 7.59. The lowest BCUT2D eigenvalue weighted by molar-refractivity contribution is -0.137. The number of rotatable bonds is 9. The van der Waals surface area contributed by atoms with E-state index in [4.69, 9.17) is 9.84 Å². The summed E-state index contributed by atoms with van der Waals surface area (Å²) in [5.74, 6) is -1.50. The number of sulfonamides is 1. The molecule has 0 heterocycles. The summed E-state index contributed by atoms with van der Waals surface area (Å²) in [6, 6.07) is 8.39. The van der Waals surface area contributed by atoms with Crippen molar-refractivity contribution in [2.75, 3.05) is 20.6 Å². The van der Waals surface area contributed by atoms with Crippen LogP contribution in [0.25, 0.3) is 0 Å². The summed E-state index contributed by atoms with van der Waals surface area (Å²) in [5.41, 5.74) is 1.39. The zero-order valence-corrected chi connectivity index (χ0v) is 19.8. The number of nitrogens with zero attached hydrogens (tertiary/aromatic N) is 2. The minimum absolute atomic E-state index is 0.0233. The lowest BCUT2D eigenvalue weighted by atomic mass is 9.90. The van der Waals surface area contributed by atoms with E-state index in [1.54, 1.807) is 18.0 Å². The van der Waals surface area contributed by atoms with Crippen molar-refractivity contribution in [3.05, 3.63) is 72.2 Å². The van der Waals surface area contributed by atoms with Crippen molar-refractivity contribution in [2.45, 2.75) is 30.2 Å². The van der Waals surface area contributed by atoms with Crippen molar-refractivity contribution < 1.29 is 32.6 Å². The number of ether oxygens (including phenoxy) is 1. The number of hydrogen-bond donors (Lipinski definition) is 2. The molecule has 3 rings (SSSR count). The van der Waals surface area contributed by atoms with Crippen molar-refractivity contribution in [3.63, 3.8) is 0 Å². The van der Waals surface area contributed by atoms with Gasteiger partial charge in [0, 0.05) is 25.9 Å². The number of allylic oxidation sites excluding steroid dienone is 1. The number of hydrogen-bond acceptors (Lipinski definition) is 6. The van der Waals surface area contributed by atoms with Gasteiger partial charge in [0.15, 0.2) is 11.5 Å².